The summed E-state index contributed by atoms with van der Waals surface area (Å²) >= 11 is 0. The molecule has 0 spiro atoms. The Labute approximate surface area is 331 Å². The summed E-state index contributed by atoms with van der Waals surface area (Å²) in [6.07, 6.45) is 2.43. The van der Waals surface area contributed by atoms with Gasteiger partial charge in [-0.3, -0.25) is 4.79 Å². The standard InChI is InChI=1S/C43H62N4O9/c1-42(2)30-13-6-8-15-32(30)46(5)35(42)17-12-18-36-43(3,4)31-14-7-9-16-33(31)47(36)23-11-10-19-37(49)45-22-25-54-28-27-53-24-20-44-21-26-55-41-40(52)39(51)38(50)34(29-48)56-41/h6-9,12-18,34,38-41,44,48,50-52H,10-11,19-29H2,1-5H3/p+1/t34?,38-,39+,40?,41+/m1/s1. The molecule has 3 heterocycles. The van der Waals surface area contributed by atoms with Crippen LogP contribution in [0.3, 0.4) is 0 Å². The molecule has 0 radical (unpaired) electrons. The van der Waals surface area contributed by atoms with Gasteiger partial charge in [0.15, 0.2) is 12.0 Å². The van der Waals surface area contributed by atoms with Gasteiger partial charge in [0.2, 0.25) is 11.6 Å². The van der Waals surface area contributed by atoms with Gasteiger partial charge in [-0.2, -0.15) is 4.58 Å². The second kappa shape index (κ2) is 20.3. The van der Waals surface area contributed by atoms with Crippen LogP contribution >= 0.6 is 0 Å². The minimum absolute atomic E-state index is 0.0219. The molecule has 2 aromatic rings. The number of aliphatic hydroxyl groups excluding tert-OH is 4. The predicted molar refractivity (Wildman–Crippen MR) is 215 cm³/mol. The molecular weight excluding hydrogens is 716 g/mol. The maximum absolute atomic E-state index is 12.6. The third-order valence-electron chi connectivity index (χ3n) is 11.1. The van der Waals surface area contributed by atoms with Crippen molar-refractivity contribution in [2.45, 2.75) is 88.5 Å². The van der Waals surface area contributed by atoms with Crippen molar-refractivity contribution in [2.75, 3.05) is 77.8 Å². The Balaban J connectivity index is 0.943. The van der Waals surface area contributed by atoms with Crippen LogP contribution in [-0.4, -0.2) is 140 Å². The normalized spacial score (nSPS) is 24.6. The lowest BCUT2D eigenvalue weighted by molar-refractivity contribution is -0.401. The summed E-state index contributed by atoms with van der Waals surface area (Å²) < 4.78 is 24.2. The molecule has 0 saturated carbocycles. The lowest BCUT2D eigenvalue weighted by Gasteiger charge is -2.39. The monoisotopic (exact) mass is 779 g/mol. The zero-order valence-electron chi connectivity index (χ0n) is 33.7. The second-order valence-corrected chi connectivity index (χ2v) is 15.6. The van der Waals surface area contributed by atoms with Crippen molar-refractivity contribution in [3.05, 3.63) is 83.6 Å². The Morgan fingerprint density at radius 2 is 1.54 bits per heavy atom. The zero-order chi connectivity index (χ0) is 40.3. The lowest BCUT2D eigenvalue weighted by Crippen LogP contribution is -2.59. The third kappa shape index (κ3) is 10.3. The molecule has 56 heavy (non-hydrogen) atoms. The highest BCUT2D eigenvalue weighted by Gasteiger charge is 2.45. The van der Waals surface area contributed by atoms with Crippen LogP contribution in [-0.2, 0) is 34.6 Å². The number of anilines is 1. The molecule has 3 aliphatic heterocycles. The first-order chi connectivity index (χ1) is 26.9. The summed E-state index contributed by atoms with van der Waals surface area (Å²) in [7, 11) is 2.15. The van der Waals surface area contributed by atoms with E-state index in [1.807, 2.05) is 0 Å². The number of amides is 1. The first-order valence-corrected chi connectivity index (χ1v) is 19.9. The number of aliphatic hydroxyl groups is 4. The van der Waals surface area contributed by atoms with E-state index in [0.717, 1.165) is 19.4 Å². The number of benzene rings is 2. The minimum Gasteiger partial charge on any atom is -0.394 e. The number of ether oxygens (including phenoxy) is 4. The maximum Gasteiger partial charge on any atom is 0.220 e. The summed E-state index contributed by atoms with van der Waals surface area (Å²) in [5.74, 6) is 0.0219. The largest absolute Gasteiger partial charge is 0.394 e. The molecule has 308 valence electrons. The fourth-order valence-corrected chi connectivity index (χ4v) is 7.86. The molecule has 2 aromatic carbocycles. The Morgan fingerprint density at radius 1 is 0.857 bits per heavy atom. The topological polar surface area (TPSA) is 165 Å². The average molecular weight is 780 g/mol. The molecule has 5 atom stereocenters. The van der Waals surface area contributed by atoms with E-state index >= 15 is 0 Å². The summed E-state index contributed by atoms with van der Waals surface area (Å²) in [6.45, 7) is 12.8. The molecule has 13 nitrogen and oxygen atoms in total. The fraction of sp³-hybridized carbons (Fsp3) is 0.581. The number of carbonyl (C=O) groups is 1. The maximum atomic E-state index is 12.6. The minimum atomic E-state index is -1.46. The number of carbonyl (C=O) groups excluding carboxylic acids is 1. The highest BCUT2D eigenvalue weighted by molar-refractivity contribution is 6.03. The Morgan fingerprint density at radius 3 is 2.27 bits per heavy atom. The Kier molecular flexibility index (Phi) is 15.8. The SMILES string of the molecule is C[N+]1=C(/C=C/C=C2/N(CCCCC(=O)NCCOCCOCCNCCO[C@H]3OC(CO)[C@@H](O)[C@H](O)C3O)c3ccccc3C2(C)C)C(C)(C)c2ccccc21. The number of unbranched alkanes of at least 4 members (excludes halogenated alkanes) is 1. The van der Waals surface area contributed by atoms with E-state index < -0.39 is 37.3 Å². The van der Waals surface area contributed by atoms with Gasteiger partial charge in [-0.1, -0.05) is 56.3 Å². The van der Waals surface area contributed by atoms with E-state index in [-0.39, 0.29) is 23.3 Å². The van der Waals surface area contributed by atoms with Gasteiger partial charge in [0.1, 0.15) is 31.5 Å². The smallest absolute Gasteiger partial charge is 0.220 e. The van der Waals surface area contributed by atoms with E-state index in [1.165, 1.54) is 33.9 Å². The predicted octanol–water partition coefficient (Wildman–Crippen LogP) is 2.66. The van der Waals surface area contributed by atoms with Gasteiger partial charge in [-0.25, -0.2) is 0 Å². The van der Waals surface area contributed by atoms with Crippen LogP contribution in [0.15, 0.2) is 72.5 Å². The highest BCUT2D eigenvalue weighted by Crippen LogP contribution is 2.48. The zero-order valence-corrected chi connectivity index (χ0v) is 33.7. The molecule has 1 amide bonds. The van der Waals surface area contributed by atoms with E-state index in [4.69, 9.17) is 18.9 Å². The van der Waals surface area contributed by atoms with Crippen molar-refractivity contribution in [1.29, 1.82) is 0 Å². The van der Waals surface area contributed by atoms with Crippen LogP contribution in [0, 0.1) is 0 Å². The third-order valence-corrected chi connectivity index (χ3v) is 11.1. The molecule has 13 heteroatoms. The molecule has 1 saturated heterocycles. The Hall–Kier alpha value is -3.50. The van der Waals surface area contributed by atoms with Crippen LogP contribution in [0.2, 0.25) is 0 Å². The van der Waals surface area contributed by atoms with Crippen molar-refractivity contribution in [2.24, 2.45) is 0 Å². The Bertz CT molecular complexity index is 1690. The summed E-state index contributed by atoms with van der Waals surface area (Å²) in [6, 6.07) is 17.3. The number of nitrogens with zero attached hydrogens (tertiary/aromatic N) is 2. The number of para-hydroxylation sites is 2. The van der Waals surface area contributed by atoms with Gasteiger partial charge in [-0.05, 0) is 44.4 Å². The van der Waals surface area contributed by atoms with Crippen LogP contribution in [0.1, 0.15) is 58.1 Å². The van der Waals surface area contributed by atoms with Crippen molar-refractivity contribution in [3.8, 4) is 0 Å². The number of rotatable bonds is 21. The van der Waals surface area contributed by atoms with E-state index in [9.17, 15) is 25.2 Å². The van der Waals surface area contributed by atoms with Crippen LogP contribution in [0.4, 0.5) is 11.4 Å². The molecule has 2 unspecified atom stereocenters. The van der Waals surface area contributed by atoms with Crippen molar-refractivity contribution >= 4 is 23.0 Å². The molecule has 0 aromatic heterocycles. The van der Waals surface area contributed by atoms with Crippen molar-refractivity contribution < 1.29 is 48.7 Å². The highest BCUT2D eigenvalue weighted by atomic mass is 16.7. The molecule has 5 rings (SSSR count). The van der Waals surface area contributed by atoms with Gasteiger partial charge in [0, 0.05) is 67.1 Å². The molecule has 3 aliphatic rings. The van der Waals surface area contributed by atoms with Crippen molar-refractivity contribution in [3.63, 3.8) is 0 Å². The van der Waals surface area contributed by atoms with Gasteiger partial charge < -0.3 is 54.9 Å². The number of nitrogens with one attached hydrogen (secondary N) is 2. The number of hydrogen-bond donors (Lipinski definition) is 6. The molecule has 1 fully saturated rings. The van der Waals surface area contributed by atoms with Crippen LogP contribution < -0.4 is 15.5 Å². The number of fused-ring (bicyclic) bond motifs is 2. The average Bonchev–Trinajstić information content (AvgIpc) is 3.52. The van der Waals surface area contributed by atoms with Crippen LogP contribution in [0.5, 0.6) is 0 Å². The fourth-order valence-electron chi connectivity index (χ4n) is 7.86. The van der Waals surface area contributed by atoms with Gasteiger partial charge >= 0.3 is 0 Å². The first kappa shape index (κ1) is 43.6. The van der Waals surface area contributed by atoms with Crippen molar-refractivity contribution in [1.82, 2.24) is 10.6 Å². The lowest BCUT2D eigenvalue weighted by atomic mass is 9.81. The summed E-state index contributed by atoms with van der Waals surface area (Å²) in [5, 5.41) is 45.0. The first-order valence-electron chi connectivity index (χ1n) is 19.9. The van der Waals surface area contributed by atoms with Gasteiger partial charge in [0.05, 0.1) is 45.1 Å². The summed E-state index contributed by atoms with van der Waals surface area (Å²) in [5.41, 5.74) is 7.44. The quantitative estimate of drug-likeness (QED) is 0.0816. The molecule has 0 aliphatic carbocycles. The summed E-state index contributed by atoms with van der Waals surface area (Å²) in [4.78, 5) is 15.0. The number of allylic oxidation sites excluding steroid dienone is 4. The van der Waals surface area contributed by atoms with E-state index in [1.54, 1.807) is 0 Å². The second-order valence-electron chi connectivity index (χ2n) is 15.6. The van der Waals surface area contributed by atoms with Crippen LogP contribution in [0.25, 0.3) is 0 Å². The van der Waals surface area contributed by atoms with E-state index in [0.29, 0.717) is 52.5 Å². The molecule has 0 bridgehead atoms. The number of hydrogen-bond acceptors (Lipinski definition) is 11. The molecular formula is C43H63N4O9+. The molecule has 6 N–H and O–H groups in total. The van der Waals surface area contributed by atoms with E-state index in [2.05, 4.69) is 122 Å². The van der Waals surface area contributed by atoms with Gasteiger partial charge in [-0.15, -0.1) is 0 Å². The van der Waals surface area contributed by atoms with Gasteiger partial charge in [0.25, 0.3) is 0 Å².